The van der Waals surface area contributed by atoms with Crippen molar-refractivity contribution < 1.29 is 0 Å². The Kier molecular flexibility index (Phi) is 4.20. The molecule has 2 rings (SSSR count). The first kappa shape index (κ1) is 12.6. The molecular weight excluding hydrogens is 277 g/mol. The van der Waals surface area contributed by atoms with Gasteiger partial charge in [0.2, 0.25) is 5.13 Å². The zero-order chi connectivity index (χ0) is 12.3. The minimum absolute atomic E-state index is 0.567. The van der Waals surface area contributed by atoms with Gasteiger partial charge < -0.3 is 5.32 Å². The number of nitrogens with zero attached hydrogens (tertiary/aromatic N) is 2. The molecule has 1 N–H and O–H groups in total. The second kappa shape index (κ2) is 5.67. The number of nitrogens with one attached hydrogen (secondary N) is 1. The maximum absolute atomic E-state index is 6.09. The van der Waals surface area contributed by atoms with E-state index in [0.717, 1.165) is 22.1 Å². The van der Waals surface area contributed by atoms with Crippen LogP contribution < -0.4 is 5.32 Å². The van der Waals surface area contributed by atoms with Crippen LogP contribution in [0.2, 0.25) is 10.0 Å². The fourth-order valence-electron chi connectivity index (χ4n) is 1.32. The number of halogens is 2. The summed E-state index contributed by atoms with van der Waals surface area (Å²) >= 11 is 13.6. The number of rotatable bonds is 4. The summed E-state index contributed by atoms with van der Waals surface area (Å²) in [6, 6.07) is 5.58. The summed E-state index contributed by atoms with van der Waals surface area (Å²) in [4.78, 5) is 0. The summed E-state index contributed by atoms with van der Waals surface area (Å²) in [5, 5.41) is 14.2. The van der Waals surface area contributed by atoms with Crippen LogP contribution in [0.3, 0.4) is 0 Å². The average molecular weight is 288 g/mol. The first-order valence-corrected chi connectivity index (χ1v) is 6.77. The standard InChI is InChI=1S/C11H11Cl2N3S/c1-2-9-15-16-11(17-9)14-6-7-4-3-5-8(12)10(7)13/h3-5H,2,6H2,1H3,(H,14,16). The molecule has 3 nitrogen and oxygen atoms in total. The summed E-state index contributed by atoms with van der Waals surface area (Å²) in [5.74, 6) is 0. The minimum Gasteiger partial charge on any atom is -0.356 e. The normalized spacial score (nSPS) is 10.5. The molecule has 0 aliphatic rings. The third-order valence-electron chi connectivity index (χ3n) is 2.23. The number of hydrogen-bond acceptors (Lipinski definition) is 4. The van der Waals surface area contributed by atoms with Crippen molar-refractivity contribution in [3.63, 3.8) is 0 Å². The summed E-state index contributed by atoms with van der Waals surface area (Å²) in [6.07, 6.45) is 0.900. The monoisotopic (exact) mass is 287 g/mol. The smallest absolute Gasteiger partial charge is 0.205 e. The molecule has 0 atom stereocenters. The Morgan fingerprint density at radius 1 is 1.29 bits per heavy atom. The molecule has 0 aliphatic heterocycles. The Morgan fingerprint density at radius 2 is 2.12 bits per heavy atom. The van der Waals surface area contributed by atoms with Crippen molar-refractivity contribution >= 4 is 39.7 Å². The molecule has 17 heavy (non-hydrogen) atoms. The minimum atomic E-state index is 0.567. The number of benzene rings is 1. The van der Waals surface area contributed by atoms with Crippen molar-refractivity contribution in [3.8, 4) is 0 Å². The predicted molar refractivity (Wildman–Crippen MR) is 73.1 cm³/mol. The van der Waals surface area contributed by atoms with E-state index in [4.69, 9.17) is 23.2 Å². The Bertz CT molecular complexity index is 513. The highest BCUT2D eigenvalue weighted by molar-refractivity contribution is 7.15. The van der Waals surface area contributed by atoms with E-state index in [1.54, 1.807) is 17.4 Å². The molecule has 0 saturated heterocycles. The molecular formula is C11H11Cl2N3S. The second-order valence-electron chi connectivity index (χ2n) is 3.42. The Hall–Kier alpha value is -0.840. The zero-order valence-electron chi connectivity index (χ0n) is 9.20. The summed E-state index contributed by atoms with van der Waals surface area (Å²) in [7, 11) is 0. The van der Waals surface area contributed by atoms with Crippen molar-refractivity contribution in [2.45, 2.75) is 19.9 Å². The highest BCUT2D eigenvalue weighted by Gasteiger charge is 2.06. The van der Waals surface area contributed by atoms with Crippen molar-refractivity contribution in [3.05, 3.63) is 38.8 Å². The van der Waals surface area contributed by atoms with Crippen LogP contribution in [0.5, 0.6) is 0 Å². The van der Waals surface area contributed by atoms with Crippen LogP contribution in [0.15, 0.2) is 18.2 Å². The van der Waals surface area contributed by atoms with Crippen LogP contribution in [0.25, 0.3) is 0 Å². The second-order valence-corrected chi connectivity index (χ2v) is 5.27. The molecule has 1 aromatic heterocycles. The lowest BCUT2D eigenvalue weighted by atomic mass is 10.2. The number of aromatic nitrogens is 2. The molecule has 0 bridgehead atoms. The molecule has 0 spiro atoms. The molecule has 6 heteroatoms. The van der Waals surface area contributed by atoms with Gasteiger partial charge >= 0.3 is 0 Å². The number of anilines is 1. The third kappa shape index (κ3) is 3.09. The van der Waals surface area contributed by atoms with E-state index in [0.29, 0.717) is 16.6 Å². The highest BCUT2D eigenvalue weighted by Crippen LogP contribution is 2.26. The molecule has 0 saturated carbocycles. The molecule has 0 aliphatic carbocycles. The van der Waals surface area contributed by atoms with Gasteiger partial charge in [-0.1, -0.05) is 53.6 Å². The predicted octanol–water partition coefficient (Wildman–Crippen LogP) is 4.02. The van der Waals surface area contributed by atoms with Crippen LogP contribution in [0, 0.1) is 0 Å². The quantitative estimate of drug-likeness (QED) is 0.923. The van der Waals surface area contributed by atoms with Crippen LogP contribution >= 0.6 is 34.5 Å². The third-order valence-corrected chi connectivity index (χ3v) is 4.11. The topological polar surface area (TPSA) is 37.8 Å². The van der Waals surface area contributed by atoms with Crippen LogP contribution in [0.4, 0.5) is 5.13 Å². The summed E-state index contributed by atoms with van der Waals surface area (Å²) in [5.41, 5.74) is 0.951. The lowest BCUT2D eigenvalue weighted by Crippen LogP contribution is -1.99. The number of hydrogen-bond donors (Lipinski definition) is 1. The molecule has 2 aromatic rings. The van der Waals surface area contributed by atoms with Gasteiger partial charge in [0.15, 0.2) is 0 Å². The van der Waals surface area contributed by atoms with Gasteiger partial charge in [0.05, 0.1) is 10.0 Å². The molecule has 1 aromatic carbocycles. The maximum Gasteiger partial charge on any atom is 0.205 e. The van der Waals surface area contributed by atoms with Crippen LogP contribution in [0.1, 0.15) is 17.5 Å². The SMILES string of the molecule is CCc1nnc(NCc2cccc(Cl)c2Cl)s1. The van der Waals surface area contributed by atoms with E-state index in [2.05, 4.69) is 22.4 Å². The summed E-state index contributed by atoms with van der Waals surface area (Å²) < 4.78 is 0. The summed E-state index contributed by atoms with van der Waals surface area (Å²) in [6.45, 7) is 2.65. The molecule has 90 valence electrons. The van der Waals surface area contributed by atoms with Gasteiger partial charge in [-0.15, -0.1) is 10.2 Å². The Labute approximate surface area is 114 Å². The van der Waals surface area contributed by atoms with E-state index >= 15 is 0 Å². The molecule has 1 heterocycles. The lowest BCUT2D eigenvalue weighted by Gasteiger charge is -2.05. The van der Waals surface area contributed by atoms with Gasteiger partial charge in [0.1, 0.15) is 5.01 Å². The van der Waals surface area contributed by atoms with Crippen molar-refractivity contribution in [2.24, 2.45) is 0 Å². The molecule has 0 amide bonds. The van der Waals surface area contributed by atoms with Crippen molar-refractivity contribution in [1.82, 2.24) is 10.2 Å². The van der Waals surface area contributed by atoms with Crippen LogP contribution in [-0.2, 0) is 13.0 Å². The Balaban J connectivity index is 2.04. The fourth-order valence-corrected chi connectivity index (χ4v) is 2.39. The van der Waals surface area contributed by atoms with Crippen molar-refractivity contribution in [1.29, 1.82) is 0 Å². The lowest BCUT2D eigenvalue weighted by molar-refractivity contribution is 0.975. The Morgan fingerprint density at radius 3 is 2.82 bits per heavy atom. The van der Waals surface area contributed by atoms with Crippen LogP contribution in [-0.4, -0.2) is 10.2 Å². The van der Waals surface area contributed by atoms with E-state index in [9.17, 15) is 0 Å². The van der Waals surface area contributed by atoms with Gasteiger partial charge in [-0.2, -0.15) is 0 Å². The van der Waals surface area contributed by atoms with Gasteiger partial charge in [0.25, 0.3) is 0 Å². The fraction of sp³-hybridized carbons (Fsp3) is 0.273. The van der Waals surface area contributed by atoms with E-state index in [1.807, 2.05) is 12.1 Å². The van der Waals surface area contributed by atoms with Gasteiger partial charge in [0, 0.05) is 6.54 Å². The number of aryl methyl sites for hydroxylation is 1. The first-order valence-electron chi connectivity index (χ1n) is 5.20. The van der Waals surface area contributed by atoms with E-state index in [-0.39, 0.29) is 0 Å². The highest BCUT2D eigenvalue weighted by atomic mass is 35.5. The van der Waals surface area contributed by atoms with Gasteiger partial charge in [-0.05, 0) is 18.1 Å². The van der Waals surface area contributed by atoms with Crippen molar-refractivity contribution in [2.75, 3.05) is 5.32 Å². The largest absolute Gasteiger partial charge is 0.356 e. The van der Waals surface area contributed by atoms with E-state index < -0.39 is 0 Å². The molecule has 0 unspecified atom stereocenters. The molecule has 0 fully saturated rings. The zero-order valence-corrected chi connectivity index (χ0v) is 11.5. The molecule has 0 radical (unpaired) electrons. The van der Waals surface area contributed by atoms with Gasteiger partial charge in [-0.25, -0.2) is 0 Å². The average Bonchev–Trinajstić information content (AvgIpc) is 2.79. The van der Waals surface area contributed by atoms with E-state index in [1.165, 1.54) is 0 Å². The van der Waals surface area contributed by atoms with Gasteiger partial charge in [-0.3, -0.25) is 0 Å². The maximum atomic E-state index is 6.09. The first-order chi connectivity index (χ1) is 8.20.